The van der Waals surface area contributed by atoms with Crippen LogP contribution in [0.25, 0.3) is 0 Å². The smallest absolute Gasteiger partial charge is 0.131 e. The lowest BCUT2D eigenvalue weighted by Gasteiger charge is -2.24. The molecule has 0 aliphatic rings. The van der Waals surface area contributed by atoms with Gasteiger partial charge in [-0.15, -0.1) is 0 Å². The Labute approximate surface area is 90.2 Å². The fraction of sp³-hybridized carbons (Fsp3) is 0.500. The normalized spacial score (nSPS) is 13.7. The van der Waals surface area contributed by atoms with Gasteiger partial charge in [-0.3, -0.25) is 0 Å². The fourth-order valence-electron chi connectivity index (χ4n) is 1.38. The number of benzene rings is 1. The van der Waals surface area contributed by atoms with Crippen molar-refractivity contribution in [2.45, 2.75) is 39.3 Å². The first kappa shape index (κ1) is 12.0. The SMILES string of the molecule is C[C@@H](N)c1c(F)cccc1OC(C)(C)C. The van der Waals surface area contributed by atoms with Crippen molar-refractivity contribution >= 4 is 0 Å². The molecule has 2 N–H and O–H groups in total. The van der Waals surface area contributed by atoms with Gasteiger partial charge in [0.15, 0.2) is 0 Å². The van der Waals surface area contributed by atoms with E-state index in [2.05, 4.69) is 0 Å². The van der Waals surface area contributed by atoms with Crippen molar-refractivity contribution in [2.75, 3.05) is 0 Å². The molecule has 1 atom stereocenters. The third-order valence-electron chi connectivity index (χ3n) is 1.88. The van der Waals surface area contributed by atoms with Crippen molar-refractivity contribution in [3.8, 4) is 5.75 Å². The van der Waals surface area contributed by atoms with E-state index in [1.54, 1.807) is 19.1 Å². The van der Waals surface area contributed by atoms with Crippen LogP contribution in [0.2, 0.25) is 0 Å². The van der Waals surface area contributed by atoms with Crippen LogP contribution in [0.4, 0.5) is 4.39 Å². The first-order chi connectivity index (χ1) is 6.81. The zero-order valence-corrected chi connectivity index (χ0v) is 9.67. The summed E-state index contributed by atoms with van der Waals surface area (Å²) in [7, 11) is 0. The number of ether oxygens (including phenoxy) is 1. The van der Waals surface area contributed by atoms with E-state index >= 15 is 0 Å². The van der Waals surface area contributed by atoms with E-state index in [1.165, 1.54) is 6.07 Å². The summed E-state index contributed by atoms with van der Waals surface area (Å²) in [5, 5.41) is 0. The molecule has 0 amide bonds. The standard InChI is InChI=1S/C12H18FNO/c1-8(14)11-9(13)6-5-7-10(11)15-12(2,3)4/h5-8H,14H2,1-4H3/t8-/m1/s1. The molecule has 0 aliphatic heterocycles. The highest BCUT2D eigenvalue weighted by atomic mass is 19.1. The van der Waals surface area contributed by atoms with Gasteiger partial charge in [0, 0.05) is 11.6 Å². The van der Waals surface area contributed by atoms with Crippen molar-refractivity contribution in [3.05, 3.63) is 29.6 Å². The second-order valence-electron chi connectivity index (χ2n) is 4.65. The summed E-state index contributed by atoms with van der Waals surface area (Å²) in [5.41, 5.74) is 5.80. The molecule has 0 bridgehead atoms. The third-order valence-corrected chi connectivity index (χ3v) is 1.88. The molecule has 0 saturated heterocycles. The lowest BCUT2D eigenvalue weighted by molar-refractivity contribution is 0.128. The number of rotatable bonds is 2. The van der Waals surface area contributed by atoms with E-state index in [1.807, 2.05) is 20.8 Å². The molecule has 0 fully saturated rings. The molecule has 15 heavy (non-hydrogen) atoms. The molecular formula is C12H18FNO. The molecular weight excluding hydrogens is 193 g/mol. The van der Waals surface area contributed by atoms with Gasteiger partial charge in [-0.25, -0.2) is 4.39 Å². The summed E-state index contributed by atoms with van der Waals surface area (Å²) in [4.78, 5) is 0. The Hall–Kier alpha value is -1.09. The fourth-order valence-corrected chi connectivity index (χ4v) is 1.38. The van der Waals surface area contributed by atoms with Gasteiger partial charge in [0.1, 0.15) is 17.2 Å². The molecule has 0 spiro atoms. The summed E-state index contributed by atoms with van der Waals surface area (Å²) in [6.45, 7) is 7.50. The summed E-state index contributed by atoms with van der Waals surface area (Å²) in [6, 6.07) is 4.40. The Morgan fingerprint density at radius 3 is 2.40 bits per heavy atom. The zero-order chi connectivity index (χ0) is 11.6. The molecule has 84 valence electrons. The Bertz CT molecular complexity index is 342. The van der Waals surface area contributed by atoms with Crippen LogP contribution < -0.4 is 10.5 Å². The van der Waals surface area contributed by atoms with Gasteiger partial charge in [0.25, 0.3) is 0 Å². The quantitative estimate of drug-likeness (QED) is 0.816. The largest absolute Gasteiger partial charge is 0.488 e. The first-order valence-electron chi connectivity index (χ1n) is 5.04. The van der Waals surface area contributed by atoms with Crippen LogP contribution in [0.5, 0.6) is 5.75 Å². The van der Waals surface area contributed by atoms with Gasteiger partial charge in [-0.1, -0.05) is 6.07 Å². The molecule has 0 aromatic heterocycles. The van der Waals surface area contributed by atoms with Gasteiger partial charge >= 0.3 is 0 Å². The summed E-state index contributed by atoms with van der Waals surface area (Å²) < 4.78 is 19.2. The molecule has 0 heterocycles. The molecule has 0 aliphatic carbocycles. The minimum absolute atomic E-state index is 0.313. The Morgan fingerprint density at radius 2 is 1.93 bits per heavy atom. The summed E-state index contributed by atoms with van der Waals surface area (Å²) in [6.07, 6.45) is 0. The van der Waals surface area contributed by atoms with Gasteiger partial charge < -0.3 is 10.5 Å². The predicted octanol–water partition coefficient (Wildman–Crippen LogP) is 3.02. The average Bonchev–Trinajstić information content (AvgIpc) is 1.99. The van der Waals surface area contributed by atoms with E-state index in [0.29, 0.717) is 11.3 Å². The van der Waals surface area contributed by atoms with Crippen molar-refractivity contribution < 1.29 is 9.13 Å². The van der Waals surface area contributed by atoms with Crippen LogP contribution in [0.15, 0.2) is 18.2 Å². The summed E-state index contributed by atoms with van der Waals surface area (Å²) in [5.74, 6) is 0.212. The van der Waals surface area contributed by atoms with Crippen LogP contribution in [-0.2, 0) is 0 Å². The summed E-state index contributed by atoms with van der Waals surface area (Å²) >= 11 is 0. The maximum Gasteiger partial charge on any atom is 0.131 e. The van der Waals surface area contributed by atoms with E-state index in [0.717, 1.165) is 0 Å². The topological polar surface area (TPSA) is 35.2 Å². The number of hydrogen-bond donors (Lipinski definition) is 1. The molecule has 0 saturated carbocycles. The number of hydrogen-bond acceptors (Lipinski definition) is 2. The van der Waals surface area contributed by atoms with E-state index < -0.39 is 0 Å². The molecule has 1 aromatic rings. The Morgan fingerprint density at radius 1 is 1.33 bits per heavy atom. The van der Waals surface area contributed by atoms with Crippen LogP contribution in [0.3, 0.4) is 0 Å². The van der Waals surface area contributed by atoms with Crippen LogP contribution in [0.1, 0.15) is 39.3 Å². The van der Waals surface area contributed by atoms with Gasteiger partial charge in [-0.05, 0) is 39.8 Å². The second kappa shape index (κ2) is 4.19. The molecule has 1 aromatic carbocycles. The van der Waals surface area contributed by atoms with Gasteiger partial charge in [0.2, 0.25) is 0 Å². The van der Waals surface area contributed by atoms with Gasteiger partial charge in [0.05, 0.1) is 0 Å². The maximum atomic E-state index is 13.5. The Kier molecular flexibility index (Phi) is 3.35. The van der Waals surface area contributed by atoms with E-state index in [-0.39, 0.29) is 17.5 Å². The third kappa shape index (κ3) is 3.20. The van der Waals surface area contributed by atoms with Crippen molar-refractivity contribution in [3.63, 3.8) is 0 Å². The molecule has 1 rings (SSSR count). The zero-order valence-electron chi connectivity index (χ0n) is 9.67. The lowest BCUT2D eigenvalue weighted by atomic mass is 10.1. The highest BCUT2D eigenvalue weighted by Gasteiger charge is 2.18. The molecule has 3 heteroatoms. The lowest BCUT2D eigenvalue weighted by Crippen LogP contribution is -2.24. The molecule has 2 nitrogen and oxygen atoms in total. The van der Waals surface area contributed by atoms with Crippen molar-refractivity contribution in [1.29, 1.82) is 0 Å². The molecule has 0 radical (unpaired) electrons. The average molecular weight is 211 g/mol. The van der Waals surface area contributed by atoms with Crippen LogP contribution in [0, 0.1) is 5.82 Å². The predicted molar refractivity (Wildman–Crippen MR) is 59.4 cm³/mol. The van der Waals surface area contributed by atoms with E-state index in [4.69, 9.17) is 10.5 Å². The van der Waals surface area contributed by atoms with Crippen molar-refractivity contribution in [2.24, 2.45) is 5.73 Å². The van der Waals surface area contributed by atoms with Crippen LogP contribution >= 0.6 is 0 Å². The minimum Gasteiger partial charge on any atom is -0.488 e. The van der Waals surface area contributed by atoms with Gasteiger partial charge in [-0.2, -0.15) is 0 Å². The highest BCUT2D eigenvalue weighted by molar-refractivity contribution is 5.37. The second-order valence-corrected chi connectivity index (χ2v) is 4.65. The number of nitrogens with two attached hydrogens (primary N) is 1. The first-order valence-corrected chi connectivity index (χ1v) is 5.04. The molecule has 0 unspecified atom stereocenters. The van der Waals surface area contributed by atoms with Crippen LogP contribution in [-0.4, -0.2) is 5.60 Å². The Balaban J connectivity index is 3.12. The van der Waals surface area contributed by atoms with E-state index in [9.17, 15) is 4.39 Å². The monoisotopic (exact) mass is 211 g/mol. The highest BCUT2D eigenvalue weighted by Crippen LogP contribution is 2.29. The minimum atomic E-state index is -0.372. The number of halogens is 1. The van der Waals surface area contributed by atoms with Crippen molar-refractivity contribution in [1.82, 2.24) is 0 Å². The maximum absolute atomic E-state index is 13.5.